The molecule has 0 unspecified atom stereocenters. The van der Waals surface area contributed by atoms with Crippen LogP contribution in [0.15, 0.2) is 66.0 Å². The van der Waals surface area contributed by atoms with E-state index in [2.05, 4.69) is 9.88 Å². The summed E-state index contributed by atoms with van der Waals surface area (Å²) in [7, 11) is 1.67. The number of methoxy groups -OCH3 is 1. The number of nitrogens with one attached hydrogen (secondary N) is 1. The second kappa shape index (κ2) is 7.63. The van der Waals surface area contributed by atoms with Gasteiger partial charge in [0.15, 0.2) is 0 Å². The van der Waals surface area contributed by atoms with Gasteiger partial charge < -0.3 is 14.6 Å². The van der Waals surface area contributed by atoms with E-state index >= 15 is 0 Å². The molecule has 1 N–H and O–H groups in total. The van der Waals surface area contributed by atoms with Gasteiger partial charge in [-0.25, -0.2) is 4.98 Å². The van der Waals surface area contributed by atoms with Crippen molar-refractivity contribution < 1.29 is 9.53 Å². The minimum absolute atomic E-state index is 0.0825. The van der Waals surface area contributed by atoms with Crippen LogP contribution in [0.25, 0.3) is 11.0 Å². The summed E-state index contributed by atoms with van der Waals surface area (Å²) in [6, 6.07) is 19.6. The Morgan fingerprint density at radius 2 is 1.93 bits per heavy atom. The minimum atomic E-state index is -0.0825. The van der Waals surface area contributed by atoms with Gasteiger partial charge in [-0.15, -0.1) is 11.3 Å². The molecular formula is C21H19N3O2S. The van der Waals surface area contributed by atoms with Crippen molar-refractivity contribution in [1.82, 2.24) is 14.9 Å². The van der Waals surface area contributed by atoms with Gasteiger partial charge in [0.05, 0.1) is 36.1 Å². The molecule has 4 aromatic rings. The molecule has 2 heterocycles. The number of ether oxygens (including phenoxy) is 1. The molecule has 0 spiro atoms. The Morgan fingerprint density at radius 1 is 1.11 bits per heavy atom. The summed E-state index contributed by atoms with van der Waals surface area (Å²) in [5.74, 6) is 1.57. The van der Waals surface area contributed by atoms with E-state index in [9.17, 15) is 4.79 Å². The number of carbonyl (C=O) groups is 1. The van der Waals surface area contributed by atoms with Crippen LogP contribution < -0.4 is 10.1 Å². The second-order valence-corrected chi connectivity index (χ2v) is 7.02. The first-order chi connectivity index (χ1) is 13.3. The highest BCUT2D eigenvalue weighted by Crippen LogP contribution is 2.23. The molecule has 2 aromatic heterocycles. The zero-order valence-electron chi connectivity index (χ0n) is 14.9. The van der Waals surface area contributed by atoms with Crippen LogP contribution in [-0.4, -0.2) is 22.6 Å². The summed E-state index contributed by atoms with van der Waals surface area (Å²) >= 11 is 1.43. The van der Waals surface area contributed by atoms with Gasteiger partial charge in [-0.1, -0.05) is 36.4 Å². The Kier molecular flexibility index (Phi) is 4.89. The summed E-state index contributed by atoms with van der Waals surface area (Å²) in [6.07, 6.45) is 0. The van der Waals surface area contributed by atoms with Gasteiger partial charge in [0.25, 0.3) is 5.91 Å². The van der Waals surface area contributed by atoms with Gasteiger partial charge in [-0.2, -0.15) is 0 Å². The van der Waals surface area contributed by atoms with E-state index < -0.39 is 0 Å². The van der Waals surface area contributed by atoms with Crippen molar-refractivity contribution in [3.63, 3.8) is 0 Å². The number of fused-ring (bicyclic) bond motifs is 1. The van der Waals surface area contributed by atoms with Crippen molar-refractivity contribution in [3.05, 3.63) is 82.3 Å². The molecule has 0 aliphatic carbocycles. The number of para-hydroxylation sites is 3. The molecule has 0 fully saturated rings. The highest BCUT2D eigenvalue weighted by Gasteiger charge is 2.14. The molecule has 6 heteroatoms. The first-order valence-corrected chi connectivity index (χ1v) is 9.52. The van der Waals surface area contributed by atoms with E-state index in [1.54, 1.807) is 7.11 Å². The van der Waals surface area contributed by atoms with Crippen molar-refractivity contribution in [3.8, 4) is 5.75 Å². The van der Waals surface area contributed by atoms with E-state index in [4.69, 9.17) is 9.72 Å². The summed E-state index contributed by atoms with van der Waals surface area (Å²) in [5, 5.41) is 4.87. The van der Waals surface area contributed by atoms with Crippen LogP contribution in [-0.2, 0) is 13.1 Å². The van der Waals surface area contributed by atoms with Crippen LogP contribution in [0.4, 0.5) is 0 Å². The Balaban J connectivity index is 1.66. The third-order valence-electron chi connectivity index (χ3n) is 4.41. The molecule has 4 rings (SSSR count). The van der Waals surface area contributed by atoms with Crippen LogP contribution in [0, 0.1) is 0 Å². The SMILES string of the molecule is COc1ccccc1Cn1c(CNC(=O)c2cccs2)nc2ccccc21. The number of aromatic nitrogens is 2. The Hall–Kier alpha value is -3.12. The maximum atomic E-state index is 12.3. The van der Waals surface area contributed by atoms with Gasteiger partial charge in [0.1, 0.15) is 11.6 Å². The van der Waals surface area contributed by atoms with Crippen molar-refractivity contribution in [2.45, 2.75) is 13.1 Å². The quantitative estimate of drug-likeness (QED) is 0.551. The number of benzene rings is 2. The third kappa shape index (κ3) is 3.57. The fourth-order valence-corrected chi connectivity index (χ4v) is 3.74. The molecule has 1 amide bonds. The molecule has 136 valence electrons. The Morgan fingerprint density at radius 3 is 2.74 bits per heavy atom. The fourth-order valence-electron chi connectivity index (χ4n) is 3.09. The average molecular weight is 377 g/mol. The number of nitrogens with zero attached hydrogens (tertiary/aromatic N) is 2. The van der Waals surface area contributed by atoms with Crippen LogP contribution in [0.5, 0.6) is 5.75 Å². The van der Waals surface area contributed by atoms with Crippen LogP contribution >= 0.6 is 11.3 Å². The van der Waals surface area contributed by atoms with E-state index in [0.29, 0.717) is 18.0 Å². The maximum Gasteiger partial charge on any atom is 0.261 e. The minimum Gasteiger partial charge on any atom is -0.496 e. The number of thiophene rings is 1. The molecule has 0 atom stereocenters. The summed E-state index contributed by atoms with van der Waals surface area (Å²) in [5.41, 5.74) is 3.01. The molecule has 0 aliphatic rings. The molecule has 0 radical (unpaired) electrons. The fraction of sp³-hybridized carbons (Fsp3) is 0.143. The first-order valence-electron chi connectivity index (χ1n) is 8.64. The van der Waals surface area contributed by atoms with Gasteiger partial charge in [-0.3, -0.25) is 4.79 Å². The number of imidazole rings is 1. The highest BCUT2D eigenvalue weighted by molar-refractivity contribution is 7.12. The van der Waals surface area contributed by atoms with Crippen LogP contribution in [0.1, 0.15) is 21.1 Å². The van der Waals surface area contributed by atoms with E-state index in [-0.39, 0.29) is 5.91 Å². The molecular weight excluding hydrogens is 358 g/mol. The molecule has 0 saturated carbocycles. The van der Waals surface area contributed by atoms with Crippen LogP contribution in [0.3, 0.4) is 0 Å². The molecule has 2 aromatic carbocycles. The number of hydrogen-bond acceptors (Lipinski definition) is 4. The monoisotopic (exact) mass is 377 g/mol. The lowest BCUT2D eigenvalue weighted by molar-refractivity contribution is 0.0953. The molecule has 0 saturated heterocycles. The normalized spacial score (nSPS) is 10.9. The largest absolute Gasteiger partial charge is 0.496 e. The lowest BCUT2D eigenvalue weighted by atomic mass is 10.2. The van der Waals surface area contributed by atoms with Gasteiger partial charge in [-0.05, 0) is 29.6 Å². The molecule has 0 bridgehead atoms. The number of rotatable bonds is 6. The van der Waals surface area contributed by atoms with E-state index in [1.807, 2.05) is 66.0 Å². The Bertz CT molecular complexity index is 1070. The molecule has 0 aliphatic heterocycles. The first kappa shape index (κ1) is 17.3. The van der Waals surface area contributed by atoms with Gasteiger partial charge >= 0.3 is 0 Å². The standard InChI is InChI=1S/C21H19N3O2S/c1-26-18-10-5-2-7-15(18)14-24-17-9-4-3-8-16(17)23-20(24)13-22-21(25)19-11-6-12-27-19/h2-12H,13-14H2,1H3,(H,22,25). The van der Waals surface area contributed by atoms with E-state index in [1.165, 1.54) is 11.3 Å². The zero-order chi connectivity index (χ0) is 18.6. The summed E-state index contributed by atoms with van der Waals surface area (Å²) in [6.45, 7) is 0.981. The van der Waals surface area contributed by atoms with Crippen molar-refractivity contribution in [1.29, 1.82) is 0 Å². The lowest BCUT2D eigenvalue weighted by Gasteiger charge is -2.13. The smallest absolute Gasteiger partial charge is 0.261 e. The second-order valence-electron chi connectivity index (χ2n) is 6.07. The predicted octanol–water partition coefficient (Wildman–Crippen LogP) is 4.08. The topological polar surface area (TPSA) is 56.1 Å². The van der Waals surface area contributed by atoms with Crippen molar-refractivity contribution >= 4 is 28.3 Å². The number of carbonyl (C=O) groups excluding carboxylic acids is 1. The summed E-state index contributed by atoms with van der Waals surface area (Å²) in [4.78, 5) is 17.7. The number of hydrogen-bond donors (Lipinski definition) is 1. The average Bonchev–Trinajstić information content (AvgIpc) is 3.35. The Labute approximate surface area is 161 Å². The molecule has 27 heavy (non-hydrogen) atoms. The van der Waals surface area contributed by atoms with E-state index in [0.717, 1.165) is 28.2 Å². The van der Waals surface area contributed by atoms with Crippen molar-refractivity contribution in [2.24, 2.45) is 0 Å². The predicted molar refractivity (Wildman–Crippen MR) is 107 cm³/mol. The maximum absolute atomic E-state index is 12.3. The zero-order valence-corrected chi connectivity index (χ0v) is 15.7. The number of amides is 1. The van der Waals surface area contributed by atoms with Gasteiger partial charge in [0, 0.05) is 5.56 Å². The van der Waals surface area contributed by atoms with Crippen molar-refractivity contribution in [2.75, 3.05) is 7.11 Å². The molecule has 5 nitrogen and oxygen atoms in total. The lowest BCUT2D eigenvalue weighted by Crippen LogP contribution is -2.24. The highest BCUT2D eigenvalue weighted by atomic mass is 32.1. The summed E-state index contributed by atoms with van der Waals surface area (Å²) < 4.78 is 7.62. The van der Waals surface area contributed by atoms with Gasteiger partial charge in [0.2, 0.25) is 0 Å². The van der Waals surface area contributed by atoms with Crippen LogP contribution in [0.2, 0.25) is 0 Å². The third-order valence-corrected chi connectivity index (χ3v) is 5.28.